The highest BCUT2D eigenvalue weighted by Crippen LogP contribution is 2.35. The van der Waals surface area contributed by atoms with Crippen LogP contribution in [0.25, 0.3) is 6.08 Å². The van der Waals surface area contributed by atoms with E-state index in [9.17, 15) is 9.00 Å². The van der Waals surface area contributed by atoms with Gasteiger partial charge in [0, 0.05) is 17.5 Å². The van der Waals surface area contributed by atoms with Crippen LogP contribution in [-0.2, 0) is 21.3 Å². The van der Waals surface area contributed by atoms with Crippen molar-refractivity contribution >= 4 is 22.8 Å². The first-order chi connectivity index (χ1) is 14.4. The third kappa shape index (κ3) is 6.15. The second-order valence-corrected chi connectivity index (χ2v) is 7.26. The summed E-state index contributed by atoms with van der Waals surface area (Å²) in [6.07, 6.45) is 1.67. The number of methoxy groups -OCH3 is 4. The highest BCUT2D eigenvalue weighted by molar-refractivity contribution is 7.87. The monoisotopic (exact) mass is 436 g/mol. The molecule has 2 aromatic rings. The van der Waals surface area contributed by atoms with Gasteiger partial charge in [-0.05, 0) is 23.8 Å². The fourth-order valence-corrected chi connectivity index (χ4v) is 3.51. The van der Waals surface area contributed by atoms with Gasteiger partial charge in [-0.25, -0.2) is 4.79 Å². The summed E-state index contributed by atoms with van der Waals surface area (Å²) in [5.41, 5.74) is 1.34. The van der Waals surface area contributed by atoms with Gasteiger partial charge in [0.1, 0.15) is 17.2 Å². The Morgan fingerprint density at radius 1 is 0.933 bits per heavy atom. The predicted molar refractivity (Wildman–Crippen MR) is 113 cm³/mol. The molecule has 1 N–H and O–H groups in total. The lowest BCUT2D eigenvalue weighted by molar-refractivity contribution is -0.139. The lowest BCUT2D eigenvalue weighted by atomic mass is 10.1. The van der Waals surface area contributed by atoms with Crippen molar-refractivity contribution in [2.24, 2.45) is 0 Å². The Kier molecular flexibility index (Phi) is 8.54. The van der Waals surface area contributed by atoms with Crippen LogP contribution in [0, 0.1) is 0 Å². The second kappa shape index (κ2) is 11.1. The zero-order valence-corrected chi connectivity index (χ0v) is 18.0. The van der Waals surface area contributed by atoms with Gasteiger partial charge in [0.15, 0.2) is 18.1 Å². The van der Waals surface area contributed by atoms with Crippen LogP contribution in [0.15, 0.2) is 35.7 Å². The minimum atomic E-state index is -1.36. The van der Waals surface area contributed by atoms with Gasteiger partial charge in [-0.15, -0.1) is 0 Å². The summed E-state index contributed by atoms with van der Waals surface area (Å²) in [5, 5.41) is 10.3. The van der Waals surface area contributed by atoms with Gasteiger partial charge in [-0.2, -0.15) is 0 Å². The molecular formula is C21H24O8S. The molecule has 2 rings (SSSR count). The molecule has 0 spiro atoms. The van der Waals surface area contributed by atoms with Crippen LogP contribution in [0.4, 0.5) is 0 Å². The lowest BCUT2D eigenvalue weighted by Gasteiger charge is -2.12. The number of hydrogen-bond donors (Lipinski definition) is 1. The molecule has 0 heterocycles. The molecular weight excluding hydrogens is 412 g/mol. The molecule has 30 heavy (non-hydrogen) atoms. The number of ether oxygens (including phenoxy) is 5. The maximum atomic E-state index is 12.6. The average Bonchev–Trinajstić information content (AvgIpc) is 2.75. The predicted octanol–water partition coefficient (Wildman–Crippen LogP) is 3.10. The highest BCUT2D eigenvalue weighted by Gasteiger charge is 2.12. The van der Waals surface area contributed by atoms with Gasteiger partial charge >= 0.3 is 5.97 Å². The summed E-state index contributed by atoms with van der Waals surface area (Å²) < 4.78 is 39.0. The minimum Gasteiger partial charge on any atom is -0.496 e. The molecule has 0 aliphatic rings. The molecule has 2 aromatic carbocycles. The summed E-state index contributed by atoms with van der Waals surface area (Å²) >= 11 is 0. The van der Waals surface area contributed by atoms with Gasteiger partial charge in [-0.1, -0.05) is 6.07 Å². The average molecular weight is 436 g/mol. The quantitative estimate of drug-likeness (QED) is 0.574. The Labute approximate surface area is 177 Å². The van der Waals surface area contributed by atoms with E-state index < -0.39 is 23.4 Å². The van der Waals surface area contributed by atoms with Crippen molar-refractivity contribution < 1.29 is 37.8 Å². The van der Waals surface area contributed by atoms with E-state index in [1.165, 1.54) is 26.7 Å². The molecule has 1 atom stereocenters. The zero-order valence-electron chi connectivity index (χ0n) is 17.2. The van der Waals surface area contributed by atoms with Crippen LogP contribution in [-0.4, -0.2) is 50.3 Å². The maximum Gasteiger partial charge on any atom is 0.341 e. The number of benzene rings is 2. The molecule has 8 nitrogen and oxygen atoms in total. The molecule has 0 amide bonds. The van der Waals surface area contributed by atoms with Gasteiger partial charge in [0.05, 0.1) is 50.6 Å². The van der Waals surface area contributed by atoms with Gasteiger partial charge in [-0.3, -0.25) is 4.21 Å². The van der Waals surface area contributed by atoms with E-state index in [4.69, 9.17) is 28.8 Å². The van der Waals surface area contributed by atoms with E-state index in [2.05, 4.69) is 0 Å². The van der Waals surface area contributed by atoms with Gasteiger partial charge in [0.25, 0.3) is 0 Å². The fourth-order valence-electron chi connectivity index (χ4n) is 2.62. The summed E-state index contributed by atoms with van der Waals surface area (Å²) in [6.45, 7) is -0.500. The Morgan fingerprint density at radius 3 is 2.10 bits per heavy atom. The van der Waals surface area contributed by atoms with E-state index in [-0.39, 0.29) is 11.5 Å². The molecule has 0 aromatic heterocycles. The minimum absolute atomic E-state index is 0.199. The molecule has 0 saturated heterocycles. The van der Waals surface area contributed by atoms with Crippen molar-refractivity contribution in [3.63, 3.8) is 0 Å². The van der Waals surface area contributed by atoms with Crippen molar-refractivity contribution in [1.29, 1.82) is 0 Å². The number of carboxylic acid groups (broad SMARTS) is 1. The van der Waals surface area contributed by atoms with Crippen molar-refractivity contribution in [3.05, 3.63) is 46.9 Å². The highest BCUT2D eigenvalue weighted by atomic mass is 32.2. The first-order valence-corrected chi connectivity index (χ1v) is 10.2. The van der Waals surface area contributed by atoms with Crippen molar-refractivity contribution in [1.82, 2.24) is 0 Å². The Bertz CT molecular complexity index is 914. The van der Waals surface area contributed by atoms with Gasteiger partial charge < -0.3 is 28.8 Å². The fraction of sp³-hybridized carbons (Fsp3) is 0.286. The molecule has 9 heteroatoms. The Balaban J connectivity index is 2.20. The van der Waals surface area contributed by atoms with Crippen molar-refractivity contribution in [2.45, 2.75) is 5.75 Å². The lowest BCUT2D eigenvalue weighted by Crippen LogP contribution is -2.10. The molecule has 0 saturated carbocycles. The number of hydrogen-bond acceptors (Lipinski definition) is 7. The summed E-state index contributed by atoms with van der Waals surface area (Å²) in [7, 11) is 4.69. The Hall–Kier alpha value is -3.20. The molecule has 0 fully saturated rings. The number of rotatable bonds is 11. The standard InChI is InChI=1S/C21H24O8S/c1-25-15-10-18(27-3)16(19(11-15)28-4)7-8-30(24)13-14-5-6-17(26-2)20(9-14)29-12-21(22)23/h5-11H,12-13H2,1-4H3,(H,22,23)/b8-7+. The molecule has 0 radical (unpaired) electrons. The Morgan fingerprint density at radius 2 is 1.57 bits per heavy atom. The first-order valence-electron chi connectivity index (χ1n) is 8.78. The topological polar surface area (TPSA) is 101 Å². The van der Waals surface area contributed by atoms with E-state index >= 15 is 0 Å². The smallest absolute Gasteiger partial charge is 0.341 e. The molecule has 1 unspecified atom stereocenters. The zero-order chi connectivity index (χ0) is 22.1. The van der Waals surface area contributed by atoms with Crippen LogP contribution in [0.1, 0.15) is 11.1 Å². The van der Waals surface area contributed by atoms with Crippen molar-refractivity contribution in [3.8, 4) is 28.7 Å². The van der Waals surface area contributed by atoms with E-state index in [0.29, 0.717) is 34.1 Å². The van der Waals surface area contributed by atoms with Crippen LogP contribution in [0.3, 0.4) is 0 Å². The number of carboxylic acids is 1. The first kappa shape index (κ1) is 23.1. The van der Waals surface area contributed by atoms with Crippen molar-refractivity contribution in [2.75, 3.05) is 35.0 Å². The summed E-state index contributed by atoms with van der Waals surface area (Å²) in [4.78, 5) is 10.7. The second-order valence-electron chi connectivity index (χ2n) is 5.94. The van der Waals surface area contributed by atoms with E-state index in [1.807, 2.05) is 0 Å². The van der Waals surface area contributed by atoms with Crippen LogP contribution < -0.4 is 23.7 Å². The molecule has 0 aliphatic carbocycles. The number of aliphatic carboxylic acids is 1. The van der Waals surface area contributed by atoms with Gasteiger partial charge in [0.2, 0.25) is 0 Å². The normalized spacial score (nSPS) is 11.7. The van der Waals surface area contributed by atoms with E-state index in [1.54, 1.807) is 43.5 Å². The van der Waals surface area contributed by atoms with Crippen LogP contribution in [0.5, 0.6) is 28.7 Å². The van der Waals surface area contributed by atoms with Crippen LogP contribution >= 0.6 is 0 Å². The molecule has 0 aliphatic heterocycles. The maximum absolute atomic E-state index is 12.6. The molecule has 0 bridgehead atoms. The number of carbonyl (C=O) groups is 1. The van der Waals surface area contributed by atoms with E-state index in [0.717, 1.165) is 0 Å². The largest absolute Gasteiger partial charge is 0.496 e. The summed E-state index contributed by atoms with van der Waals surface area (Å²) in [5.74, 6) is 1.39. The van der Waals surface area contributed by atoms with Crippen LogP contribution in [0.2, 0.25) is 0 Å². The summed E-state index contributed by atoms with van der Waals surface area (Å²) in [6, 6.07) is 8.42. The SMILES string of the molecule is COc1cc(OC)c(/C=C/S(=O)Cc2ccc(OC)c(OCC(=O)O)c2)c(OC)c1. The molecule has 162 valence electrons. The third-order valence-corrected chi connectivity index (χ3v) is 5.09. The third-order valence-electron chi connectivity index (χ3n) is 4.03.